The third kappa shape index (κ3) is 3.48. The van der Waals surface area contributed by atoms with Crippen LogP contribution in [0.15, 0.2) is 30.6 Å². The van der Waals surface area contributed by atoms with E-state index in [2.05, 4.69) is 15.3 Å². The number of aliphatic hydroxyl groups is 1. The van der Waals surface area contributed by atoms with Crippen LogP contribution in [0.4, 0.5) is 10.3 Å². The van der Waals surface area contributed by atoms with Crippen molar-refractivity contribution < 1.29 is 9.50 Å². The van der Waals surface area contributed by atoms with Crippen LogP contribution in [0, 0.1) is 12.7 Å². The maximum Gasteiger partial charge on any atom is 0.222 e. The van der Waals surface area contributed by atoms with Gasteiger partial charge in [-0.1, -0.05) is 6.07 Å². The van der Waals surface area contributed by atoms with E-state index in [4.69, 9.17) is 5.11 Å². The number of benzene rings is 1. The summed E-state index contributed by atoms with van der Waals surface area (Å²) in [5, 5.41) is 11.7. The van der Waals surface area contributed by atoms with E-state index in [-0.39, 0.29) is 12.4 Å². The first-order chi connectivity index (χ1) is 9.20. The number of nitrogens with zero attached hydrogens (tertiary/aromatic N) is 2. The lowest BCUT2D eigenvalue weighted by atomic mass is 10.1. The van der Waals surface area contributed by atoms with Crippen molar-refractivity contribution in [1.82, 2.24) is 9.97 Å². The Morgan fingerprint density at radius 3 is 2.58 bits per heavy atom. The van der Waals surface area contributed by atoms with Gasteiger partial charge in [-0.2, -0.15) is 0 Å². The predicted octanol–water partition coefficient (Wildman–Crippen LogP) is 2.39. The molecule has 0 bridgehead atoms. The maximum atomic E-state index is 13.2. The summed E-state index contributed by atoms with van der Waals surface area (Å²) >= 11 is 0. The maximum absolute atomic E-state index is 13.2. The van der Waals surface area contributed by atoms with Crippen molar-refractivity contribution in [3.63, 3.8) is 0 Å². The van der Waals surface area contributed by atoms with E-state index in [0.29, 0.717) is 24.5 Å². The Kier molecular flexibility index (Phi) is 4.41. The molecule has 0 aliphatic carbocycles. The minimum atomic E-state index is -0.216. The van der Waals surface area contributed by atoms with E-state index in [1.807, 2.05) is 0 Å². The molecule has 0 aliphatic rings. The standard InChI is InChI=1S/C14H16FN3O/c1-10-7-11(3-4-13(10)15)12-8-17-14(18-9-12)16-5-2-6-19/h3-4,7-9,19H,2,5-6H2,1H3,(H,16,17,18). The van der Waals surface area contributed by atoms with Crippen LogP contribution in [0.1, 0.15) is 12.0 Å². The summed E-state index contributed by atoms with van der Waals surface area (Å²) in [5.41, 5.74) is 2.33. The Labute approximate surface area is 111 Å². The summed E-state index contributed by atoms with van der Waals surface area (Å²) in [7, 11) is 0. The molecule has 19 heavy (non-hydrogen) atoms. The lowest BCUT2D eigenvalue weighted by Crippen LogP contribution is -2.06. The molecule has 0 atom stereocenters. The van der Waals surface area contributed by atoms with Gasteiger partial charge < -0.3 is 10.4 Å². The van der Waals surface area contributed by atoms with Crippen LogP contribution in [0.3, 0.4) is 0 Å². The van der Waals surface area contributed by atoms with Gasteiger partial charge >= 0.3 is 0 Å². The molecule has 4 nitrogen and oxygen atoms in total. The first-order valence-electron chi connectivity index (χ1n) is 6.14. The normalized spacial score (nSPS) is 10.5. The van der Waals surface area contributed by atoms with Gasteiger partial charge in [0.15, 0.2) is 0 Å². The summed E-state index contributed by atoms with van der Waals surface area (Å²) in [5.74, 6) is 0.308. The molecule has 0 aliphatic heterocycles. The van der Waals surface area contributed by atoms with E-state index >= 15 is 0 Å². The molecule has 0 fully saturated rings. The second-order valence-electron chi connectivity index (χ2n) is 4.26. The third-order valence-electron chi connectivity index (χ3n) is 2.76. The van der Waals surface area contributed by atoms with E-state index in [1.54, 1.807) is 31.5 Å². The summed E-state index contributed by atoms with van der Waals surface area (Å²) in [6.45, 7) is 2.50. The number of nitrogens with one attached hydrogen (secondary N) is 1. The van der Waals surface area contributed by atoms with Gasteiger partial charge in [-0.25, -0.2) is 14.4 Å². The lowest BCUT2D eigenvalue weighted by Gasteiger charge is -2.06. The number of hydrogen-bond acceptors (Lipinski definition) is 4. The number of aryl methyl sites for hydroxylation is 1. The highest BCUT2D eigenvalue weighted by atomic mass is 19.1. The van der Waals surface area contributed by atoms with Gasteiger partial charge in [0.05, 0.1) is 0 Å². The zero-order valence-electron chi connectivity index (χ0n) is 10.7. The zero-order chi connectivity index (χ0) is 13.7. The average molecular weight is 261 g/mol. The van der Waals surface area contributed by atoms with Crippen LogP contribution in [0.25, 0.3) is 11.1 Å². The van der Waals surface area contributed by atoms with Crippen LogP contribution in [0.5, 0.6) is 0 Å². The van der Waals surface area contributed by atoms with Crippen molar-refractivity contribution in [3.8, 4) is 11.1 Å². The van der Waals surface area contributed by atoms with Gasteiger partial charge in [0.2, 0.25) is 5.95 Å². The van der Waals surface area contributed by atoms with E-state index in [1.165, 1.54) is 6.07 Å². The molecule has 5 heteroatoms. The van der Waals surface area contributed by atoms with Crippen molar-refractivity contribution >= 4 is 5.95 Å². The number of halogens is 1. The molecule has 0 saturated carbocycles. The number of hydrogen-bond donors (Lipinski definition) is 2. The van der Waals surface area contributed by atoms with Crippen LogP contribution < -0.4 is 5.32 Å². The molecule has 2 N–H and O–H groups in total. The fraction of sp³-hybridized carbons (Fsp3) is 0.286. The smallest absolute Gasteiger partial charge is 0.222 e. The second-order valence-corrected chi connectivity index (χ2v) is 4.26. The highest BCUT2D eigenvalue weighted by molar-refractivity contribution is 5.62. The summed E-state index contributed by atoms with van der Waals surface area (Å²) in [4.78, 5) is 8.36. The molecule has 0 radical (unpaired) electrons. The van der Waals surface area contributed by atoms with Crippen molar-refractivity contribution in [2.45, 2.75) is 13.3 Å². The molecule has 1 aromatic carbocycles. The van der Waals surface area contributed by atoms with E-state index < -0.39 is 0 Å². The Morgan fingerprint density at radius 1 is 1.21 bits per heavy atom. The van der Waals surface area contributed by atoms with Gasteiger partial charge in [-0.15, -0.1) is 0 Å². The molecule has 0 spiro atoms. The zero-order valence-corrected chi connectivity index (χ0v) is 10.7. The van der Waals surface area contributed by atoms with Crippen molar-refractivity contribution in [3.05, 3.63) is 42.0 Å². The largest absolute Gasteiger partial charge is 0.396 e. The van der Waals surface area contributed by atoms with E-state index in [0.717, 1.165) is 11.1 Å². The molecule has 0 amide bonds. The molecule has 2 aromatic rings. The summed E-state index contributed by atoms with van der Waals surface area (Å²) in [6, 6.07) is 4.92. The number of anilines is 1. The number of aliphatic hydroxyl groups excluding tert-OH is 1. The first-order valence-corrected chi connectivity index (χ1v) is 6.14. The minimum Gasteiger partial charge on any atom is -0.396 e. The average Bonchev–Trinajstić information content (AvgIpc) is 2.43. The van der Waals surface area contributed by atoms with Crippen molar-refractivity contribution in [1.29, 1.82) is 0 Å². The molecule has 2 rings (SSSR count). The molecule has 1 aromatic heterocycles. The quantitative estimate of drug-likeness (QED) is 0.811. The fourth-order valence-corrected chi connectivity index (χ4v) is 1.67. The monoisotopic (exact) mass is 261 g/mol. The van der Waals surface area contributed by atoms with Crippen molar-refractivity contribution in [2.24, 2.45) is 0 Å². The molecular weight excluding hydrogens is 245 g/mol. The Balaban J connectivity index is 2.11. The molecule has 100 valence electrons. The predicted molar refractivity (Wildman–Crippen MR) is 72.4 cm³/mol. The van der Waals surface area contributed by atoms with Gasteiger partial charge in [-0.05, 0) is 36.6 Å². The van der Waals surface area contributed by atoms with Gasteiger partial charge in [0.1, 0.15) is 5.82 Å². The van der Waals surface area contributed by atoms with Crippen LogP contribution in [-0.4, -0.2) is 28.2 Å². The van der Waals surface area contributed by atoms with E-state index in [9.17, 15) is 4.39 Å². The Bertz CT molecular complexity index is 543. The third-order valence-corrected chi connectivity index (χ3v) is 2.76. The van der Waals surface area contributed by atoms with Gasteiger partial charge in [0, 0.05) is 31.1 Å². The highest BCUT2D eigenvalue weighted by Gasteiger charge is 2.03. The highest BCUT2D eigenvalue weighted by Crippen LogP contribution is 2.20. The fourth-order valence-electron chi connectivity index (χ4n) is 1.67. The molecule has 1 heterocycles. The summed E-state index contributed by atoms with van der Waals surface area (Å²) < 4.78 is 13.2. The summed E-state index contributed by atoms with van der Waals surface area (Å²) in [6.07, 6.45) is 4.05. The Morgan fingerprint density at radius 2 is 1.95 bits per heavy atom. The Hall–Kier alpha value is -2.01. The van der Waals surface area contributed by atoms with Crippen molar-refractivity contribution in [2.75, 3.05) is 18.5 Å². The van der Waals surface area contributed by atoms with Gasteiger partial charge in [-0.3, -0.25) is 0 Å². The second kappa shape index (κ2) is 6.24. The number of rotatable bonds is 5. The molecular formula is C14H16FN3O. The molecule has 0 unspecified atom stereocenters. The van der Waals surface area contributed by atoms with Crippen LogP contribution in [0.2, 0.25) is 0 Å². The van der Waals surface area contributed by atoms with Gasteiger partial charge in [0.25, 0.3) is 0 Å². The first kappa shape index (κ1) is 13.4. The van der Waals surface area contributed by atoms with Crippen LogP contribution in [-0.2, 0) is 0 Å². The lowest BCUT2D eigenvalue weighted by molar-refractivity contribution is 0.292. The molecule has 0 saturated heterocycles. The topological polar surface area (TPSA) is 58.0 Å². The minimum absolute atomic E-state index is 0.139. The SMILES string of the molecule is Cc1cc(-c2cnc(NCCCO)nc2)ccc1F. The van der Waals surface area contributed by atoms with Crippen LogP contribution >= 0.6 is 0 Å². The number of aromatic nitrogens is 2.